The van der Waals surface area contributed by atoms with E-state index in [0.717, 1.165) is 35.7 Å². The molecule has 0 spiro atoms. The van der Waals surface area contributed by atoms with Gasteiger partial charge in [-0.15, -0.1) is 0 Å². The standard InChI is InChI=1S/C26H27N5O2/c1-18-21-10-11-23(32)31(16-12-19-7-3-2-4-8-19)25(21)29-24(28-18)20-13-15-30(17-20)26(33)22-9-5-6-14-27-22/h2-9,14,20H,10-13,15-17H2,1H3/t20-/m0/s1. The second-order valence-corrected chi connectivity index (χ2v) is 8.70. The first-order valence-electron chi connectivity index (χ1n) is 11.5. The molecule has 1 atom stereocenters. The second kappa shape index (κ2) is 9.10. The molecule has 0 N–H and O–H groups in total. The van der Waals surface area contributed by atoms with Crippen molar-refractivity contribution < 1.29 is 9.59 Å². The Morgan fingerprint density at radius 3 is 2.67 bits per heavy atom. The highest BCUT2D eigenvalue weighted by atomic mass is 16.2. The predicted octanol–water partition coefficient (Wildman–Crippen LogP) is 3.33. The third-order valence-electron chi connectivity index (χ3n) is 6.55. The minimum atomic E-state index is -0.0625. The van der Waals surface area contributed by atoms with E-state index in [1.165, 1.54) is 5.56 Å². The van der Waals surface area contributed by atoms with Crippen LogP contribution in [0.15, 0.2) is 54.7 Å². The molecule has 168 valence electrons. The first kappa shape index (κ1) is 21.2. The van der Waals surface area contributed by atoms with Crippen LogP contribution in [0.3, 0.4) is 0 Å². The van der Waals surface area contributed by atoms with Gasteiger partial charge in [0.2, 0.25) is 5.91 Å². The molecule has 3 aromatic rings. The molecule has 2 amide bonds. The summed E-state index contributed by atoms with van der Waals surface area (Å²) in [4.78, 5) is 43.2. The van der Waals surface area contributed by atoms with Gasteiger partial charge in [0.1, 0.15) is 17.3 Å². The highest BCUT2D eigenvalue weighted by molar-refractivity contribution is 5.95. The molecule has 7 heteroatoms. The summed E-state index contributed by atoms with van der Waals surface area (Å²) in [5.74, 6) is 1.57. The molecule has 2 aliphatic heterocycles. The van der Waals surface area contributed by atoms with Crippen LogP contribution in [-0.2, 0) is 17.6 Å². The lowest BCUT2D eigenvalue weighted by molar-refractivity contribution is -0.118. The fourth-order valence-electron chi connectivity index (χ4n) is 4.71. The van der Waals surface area contributed by atoms with E-state index >= 15 is 0 Å². The molecule has 33 heavy (non-hydrogen) atoms. The highest BCUT2D eigenvalue weighted by Crippen LogP contribution is 2.32. The maximum Gasteiger partial charge on any atom is 0.272 e. The summed E-state index contributed by atoms with van der Waals surface area (Å²) in [5, 5.41) is 0. The Kier molecular flexibility index (Phi) is 5.86. The van der Waals surface area contributed by atoms with Crippen molar-refractivity contribution in [2.45, 2.75) is 38.5 Å². The van der Waals surface area contributed by atoms with Crippen LogP contribution in [0.25, 0.3) is 0 Å². The Labute approximate surface area is 193 Å². The molecular weight excluding hydrogens is 414 g/mol. The number of nitrogens with zero attached hydrogens (tertiary/aromatic N) is 5. The number of carbonyl (C=O) groups is 2. The van der Waals surface area contributed by atoms with Gasteiger partial charge in [-0.25, -0.2) is 9.97 Å². The van der Waals surface area contributed by atoms with E-state index in [-0.39, 0.29) is 17.7 Å². The maximum absolute atomic E-state index is 12.8. The number of hydrogen-bond acceptors (Lipinski definition) is 5. The molecule has 0 radical (unpaired) electrons. The molecule has 7 nitrogen and oxygen atoms in total. The highest BCUT2D eigenvalue weighted by Gasteiger charge is 2.33. The van der Waals surface area contributed by atoms with Crippen LogP contribution in [0.1, 0.15) is 51.9 Å². The number of likely N-dealkylation sites (tertiary alicyclic amines) is 1. The number of hydrogen-bond donors (Lipinski definition) is 0. The first-order chi connectivity index (χ1) is 16.1. The normalized spacial score (nSPS) is 17.8. The minimum Gasteiger partial charge on any atom is -0.337 e. The van der Waals surface area contributed by atoms with E-state index in [9.17, 15) is 9.59 Å². The molecule has 5 rings (SSSR count). The van der Waals surface area contributed by atoms with Crippen LogP contribution in [0.2, 0.25) is 0 Å². The zero-order valence-electron chi connectivity index (χ0n) is 18.8. The Balaban J connectivity index is 1.37. The molecule has 0 saturated carbocycles. The van der Waals surface area contributed by atoms with Crippen molar-refractivity contribution in [3.05, 3.63) is 83.1 Å². The molecule has 2 aromatic heterocycles. The monoisotopic (exact) mass is 441 g/mol. The van der Waals surface area contributed by atoms with Gasteiger partial charge in [-0.2, -0.15) is 0 Å². The van der Waals surface area contributed by atoms with Crippen molar-refractivity contribution in [3.8, 4) is 0 Å². The van der Waals surface area contributed by atoms with E-state index in [1.807, 2.05) is 41.0 Å². The van der Waals surface area contributed by atoms with Crippen molar-refractivity contribution in [2.75, 3.05) is 24.5 Å². The van der Waals surface area contributed by atoms with Crippen LogP contribution in [0, 0.1) is 6.92 Å². The summed E-state index contributed by atoms with van der Waals surface area (Å²) in [6.07, 6.45) is 4.38. The van der Waals surface area contributed by atoms with Gasteiger partial charge in [0, 0.05) is 49.4 Å². The van der Waals surface area contributed by atoms with Crippen LogP contribution in [0.5, 0.6) is 0 Å². The SMILES string of the molecule is Cc1nc([C@H]2CCN(C(=O)c3ccccn3)C2)nc2c1CCC(=O)N2CCc1ccccc1. The summed E-state index contributed by atoms with van der Waals surface area (Å²) < 4.78 is 0. The Bertz CT molecular complexity index is 1170. The Morgan fingerprint density at radius 1 is 1.06 bits per heavy atom. The van der Waals surface area contributed by atoms with Crippen molar-refractivity contribution in [2.24, 2.45) is 0 Å². The van der Waals surface area contributed by atoms with Crippen LogP contribution in [-0.4, -0.2) is 51.3 Å². The van der Waals surface area contributed by atoms with Crippen LogP contribution in [0.4, 0.5) is 5.82 Å². The Morgan fingerprint density at radius 2 is 1.88 bits per heavy atom. The quantitative estimate of drug-likeness (QED) is 0.607. The fraction of sp³-hybridized carbons (Fsp3) is 0.346. The van der Waals surface area contributed by atoms with Gasteiger partial charge in [0.05, 0.1) is 0 Å². The topological polar surface area (TPSA) is 79.3 Å². The smallest absolute Gasteiger partial charge is 0.272 e. The molecule has 1 fully saturated rings. The lowest BCUT2D eigenvalue weighted by Crippen LogP contribution is -2.38. The summed E-state index contributed by atoms with van der Waals surface area (Å²) in [6.45, 7) is 3.81. The average molecular weight is 442 g/mol. The second-order valence-electron chi connectivity index (χ2n) is 8.70. The fourth-order valence-corrected chi connectivity index (χ4v) is 4.71. The van der Waals surface area contributed by atoms with Crippen molar-refractivity contribution >= 4 is 17.6 Å². The lowest BCUT2D eigenvalue weighted by Gasteiger charge is -2.30. The summed E-state index contributed by atoms with van der Waals surface area (Å²) >= 11 is 0. The largest absolute Gasteiger partial charge is 0.337 e. The van der Waals surface area contributed by atoms with Crippen LogP contribution < -0.4 is 4.90 Å². The molecule has 0 aliphatic carbocycles. The van der Waals surface area contributed by atoms with Gasteiger partial charge in [-0.05, 0) is 43.9 Å². The van der Waals surface area contributed by atoms with E-state index in [4.69, 9.17) is 9.97 Å². The number of benzene rings is 1. The van der Waals surface area contributed by atoms with Gasteiger partial charge < -0.3 is 4.90 Å². The van der Waals surface area contributed by atoms with Gasteiger partial charge >= 0.3 is 0 Å². The zero-order chi connectivity index (χ0) is 22.8. The van der Waals surface area contributed by atoms with Crippen molar-refractivity contribution in [1.29, 1.82) is 0 Å². The van der Waals surface area contributed by atoms with Gasteiger partial charge in [0.15, 0.2) is 0 Å². The molecular formula is C26H27N5O2. The number of pyridine rings is 1. The predicted molar refractivity (Wildman–Crippen MR) is 125 cm³/mol. The lowest BCUT2D eigenvalue weighted by atomic mass is 10.0. The van der Waals surface area contributed by atoms with Crippen molar-refractivity contribution in [1.82, 2.24) is 19.9 Å². The molecule has 0 bridgehead atoms. The third kappa shape index (κ3) is 4.35. The number of rotatable bonds is 5. The number of amides is 2. The maximum atomic E-state index is 12.8. The molecule has 1 saturated heterocycles. The van der Waals surface area contributed by atoms with Crippen molar-refractivity contribution in [3.63, 3.8) is 0 Å². The van der Waals surface area contributed by atoms with Gasteiger partial charge in [-0.1, -0.05) is 36.4 Å². The number of aryl methyl sites for hydroxylation is 1. The number of fused-ring (bicyclic) bond motifs is 1. The molecule has 2 aliphatic rings. The summed E-state index contributed by atoms with van der Waals surface area (Å²) in [6, 6.07) is 15.6. The number of anilines is 1. The molecule has 1 aromatic carbocycles. The molecule has 4 heterocycles. The van der Waals surface area contributed by atoms with E-state index < -0.39 is 0 Å². The summed E-state index contributed by atoms with van der Waals surface area (Å²) in [5.41, 5.74) is 3.65. The molecule has 0 unspecified atom stereocenters. The van der Waals surface area contributed by atoms with Gasteiger partial charge in [-0.3, -0.25) is 19.5 Å². The third-order valence-corrected chi connectivity index (χ3v) is 6.55. The minimum absolute atomic E-state index is 0.0506. The zero-order valence-corrected chi connectivity index (χ0v) is 18.8. The average Bonchev–Trinajstić information content (AvgIpc) is 3.34. The van der Waals surface area contributed by atoms with Crippen LogP contribution >= 0.6 is 0 Å². The number of carbonyl (C=O) groups excluding carboxylic acids is 2. The Hall–Kier alpha value is -3.61. The first-order valence-corrected chi connectivity index (χ1v) is 11.5. The van der Waals surface area contributed by atoms with E-state index in [0.29, 0.717) is 38.2 Å². The van der Waals surface area contributed by atoms with E-state index in [1.54, 1.807) is 18.3 Å². The van der Waals surface area contributed by atoms with E-state index in [2.05, 4.69) is 17.1 Å². The number of aromatic nitrogens is 3. The van der Waals surface area contributed by atoms with Gasteiger partial charge in [0.25, 0.3) is 5.91 Å². The summed E-state index contributed by atoms with van der Waals surface area (Å²) in [7, 11) is 0.